The van der Waals surface area contributed by atoms with Crippen LogP contribution >= 0.6 is 0 Å². The van der Waals surface area contributed by atoms with Gasteiger partial charge in [-0.3, -0.25) is 9.59 Å². The van der Waals surface area contributed by atoms with E-state index >= 15 is 0 Å². The second kappa shape index (κ2) is 13.4. The second-order valence-electron chi connectivity index (χ2n) is 7.62. The lowest BCUT2D eigenvalue weighted by Gasteiger charge is -2.19. The summed E-state index contributed by atoms with van der Waals surface area (Å²) in [6.45, 7) is 13.2. The van der Waals surface area contributed by atoms with Gasteiger partial charge in [0.1, 0.15) is 11.5 Å². The summed E-state index contributed by atoms with van der Waals surface area (Å²) in [6, 6.07) is 13.3. The molecule has 0 spiro atoms. The molecule has 10 heteroatoms. The normalized spacial score (nSPS) is 10.2. The SMILES string of the molecule is C=CCNC(=O)c1ccc(Oc2nc(Oc3ccc(C(=O)NCC=C)cc3)nc(N(CC)CC)n2)cc1. The summed E-state index contributed by atoms with van der Waals surface area (Å²) in [6.07, 6.45) is 3.22. The molecule has 1 heterocycles. The van der Waals surface area contributed by atoms with Gasteiger partial charge in [0.15, 0.2) is 0 Å². The molecule has 2 amide bonds. The third-order valence-corrected chi connectivity index (χ3v) is 5.09. The van der Waals surface area contributed by atoms with Crippen molar-refractivity contribution in [1.82, 2.24) is 25.6 Å². The van der Waals surface area contributed by atoms with Gasteiger partial charge in [-0.1, -0.05) is 12.2 Å². The summed E-state index contributed by atoms with van der Waals surface area (Å²) in [7, 11) is 0. The smallest absolute Gasteiger partial charge is 0.330 e. The summed E-state index contributed by atoms with van der Waals surface area (Å²) >= 11 is 0. The highest BCUT2D eigenvalue weighted by Crippen LogP contribution is 2.25. The Labute approximate surface area is 216 Å². The Morgan fingerprint density at radius 2 is 1.16 bits per heavy atom. The predicted molar refractivity (Wildman–Crippen MR) is 141 cm³/mol. The van der Waals surface area contributed by atoms with E-state index in [2.05, 4.69) is 38.7 Å². The Balaban J connectivity index is 1.81. The van der Waals surface area contributed by atoms with Gasteiger partial charge in [-0.25, -0.2) is 0 Å². The Kier molecular flexibility index (Phi) is 9.72. The lowest BCUT2D eigenvalue weighted by molar-refractivity contribution is 0.0950. The molecular formula is C27H30N6O4. The molecule has 37 heavy (non-hydrogen) atoms. The van der Waals surface area contributed by atoms with Crippen LogP contribution in [-0.4, -0.2) is 52.9 Å². The van der Waals surface area contributed by atoms with Crippen molar-refractivity contribution in [2.24, 2.45) is 0 Å². The minimum absolute atomic E-state index is 0.0381. The highest BCUT2D eigenvalue weighted by atomic mass is 16.5. The number of nitrogens with zero attached hydrogens (tertiary/aromatic N) is 4. The first-order valence-corrected chi connectivity index (χ1v) is 11.8. The van der Waals surface area contributed by atoms with Gasteiger partial charge in [0.2, 0.25) is 5.95 Å². The van der Waals surface area contributed by atoms with Crippen LogP contribution in [0.3, 0.4) is 0 Å². The number of ether oxygens (including phenoxy) is 2. The standard InChI is InChI=1S/C27H30N6O4/c1-5-17-28-23(34)19-9-13-21(14-10-19)36-26-30-25(33(7-3)8-4)31-27(32-26)37-22-15-11-20(12-16-22)24(35)29-18-6-2/h5-6,9-16H,1-2,7-8,17-18H2,3-4H3,(H,28,34)(H,29,35). The first-order chi connectivity index (χ1) is 18.0. The summed E-state index contributed by atoms with van der Waals surface area (Å²) in [5, 5.41) is 5.44. The van der Waals surface area contributed by atoms with Crippen molar-refractivity contribution < 1.29 is 19.1 Å². The number of carbonyl (C=O) groups is 2. The van der Waals surface area contributed by atoms with Crippen LogP contribution in [0.4, 0.5) is 5.95 Å². The predicted octanol–water partition coefficient (Wildman–Crippen LogP) is 4.13. The van der Waals surface area contributed by atoms with Gasteiger partial charge in [0.25, 0.3) is 11.8 Å². The van der Waals surface area contributed by atoms with Crippen LogP contribution < -0.4 is 25.0 Å². The molecule has 1 aromatic heterocycles. The van der Waals surface area contributed by atoms with Gasteiger partial charge in [0.05, 0.1) is 0 Å². The first-order valence-electron chi connectivity index (χ1n) is 11.8. The van der Waals surface area contributed by atoms with Crippen molar-refractivity contribution in [3.8, 4) is 23.5 Å². The van der Waals surface area contributed by atoms with Crippen LogP contribution in [-0.2, 0) is 0 Å². The molecule has 0 bridgehead atoms. The van der Waals surface area contributed by atoms with Crippen LogP contribution in [0.1, 0.15) is 34.6 Å². The summed E-state index contributed by atoms with van der Waals surface area (Å²) in [4.78, 5) is 39.3. The van der Waals surface area contributed by atoms with E-state index in [9.17, 15) is 9.59 Å². The topological polar surface area (TPSA) is 119 Å². The molecule has 0 unspecified atom stereocenters. The highest BCUT2D eigenvalue weighted by molar-refractivity contribution is 5.94. The van der Waals surface area contributed by atoms with Crippen molar-refractivity contribution in [3.63, 3.8) is 0 Å². The van der Waals surface area contributed by atoms with E-state index in [1.165, 1.54) is 0 Å². The molecule has 0 fully saturated rings. The molecule has 0 aliphatic carbocycles. The van der Waals surface area contributed by atoms with Crippen molar-refractivity contribution in [2.45, 2.75) is 13.8 Å². The fraction of sp³-hybridized carbons (Fsp3) is 0.222. The molecule has 0 saturated carbocycles. The molecule has 0 atom stereocenters. The molecule has 192 valence electrons. The first kappa shape index (κ1) is 26.9. The molecule has 0 aliphatic rings. The summed E-state index contributed by atoms with van der Waals surface area (Å²) in [5.41, 5.74) is 0.971. The number of nitrogens with one attached hydrogen (secondary N) is 2. The molecule has 3 aromatic rings. The van der Waals surface area contributed by atoms with E-state index < -0.39 is 0 Å². The number of hydrogen-bond donors (Lipinski definition) is 2. The minimum Gasteiger partial charge on any atom is -0.424 e. The van der Waals surface area contributed by atoms with Gasteiger partial charge >= 0.3 is 12.0 Å². The van der Waals surface area contributed by atoms with Crippen molar-refractivity contribution in [1.29, 1.82) is 0 Å². The van der Waals surface area contributed by atoms with Crippen LogP contribution in [0.5, 0.6) is 23.5 Å². The van der Waals surface area contributed by atoms with E-state index in [0.717, 1.165) is 0 Å². The fourth-order valence-corrected chi connectivity index (χ4v) is 3.16. The third-order valence-electron chi connectivity index (χ3n) is 5.09. The van der Waals surface area contributed by atoms with Gasteiger partial charge in [-0.15, -0.1) is 18.1 Å². The van der Waals surface area contributed by atoms with Crippen LogP contribution in [0.15, 0.2) is 73.8 Å². The number of hydrogen-bond acceptors (Lipinski definition) is 8. The Hall–Kier alpha value is -4.73. The van der Waals surface area contributed by atoms with E-state index in [0.29, 0.717) is 54.8 Å². The van der Waals surface area contributed by atoms with E-state index in [1.54, 1.807) is 60.7 Å². The summed E-state index contributed by atoms with van der Waals surface area (Å²) in [5.74, 6) is 0.854. The van der Waals surface area contributed by atoms with E-state index in [4.69, 9.17) is 9.47 Å². The van der Waals surface area contributed by atoms with Crippen molar-refractivity contribution >= 4 is 17.8 Å². The number of aromatic nitrogens is 3. The second-order valence-corrected chi connectivity index (χ2v) is 7.62. The zero-order valence-electron chi connectivity index (χ0n) is 20.9. The molecule has 3 rings (SSSR count). The minimum atomic E-state index is -0.213. The van der Waals surface area contributed by atoms with Gasteiger partial charge < -0.3 is 25.0 Å². The third kappa shape index (κ3) is 7.63. The number of amides is 2. The van der Waals surface area contributed by atoms with E-state index in [-0.39, 0.29) is 23.8 Å². The number of carbonyl (C=O) groups excluding carboxylic acids is 2. The number of rotatable bonds is 13. The van der Waals surface area contributed by atoms with Crippen molar-refractivity contribution in [3.05, 3.63) is 85.0 Å². The maximum atomic E-state index is 12.1. The van der Waals surface area contributed by atoms with Gasteiger partial charge in [-0.05, 0) is 62.4 Å². The Morgan fingerprint density at radius 1 is 0.757 bits per heavy atom. The molecule has 0 aliphatic heterocycles. The molecular weight excluding hydrogens is 472 g/mol. The van der Waals surface area contributed by atoms with Crippen molar-refractivity contribution in [2.75, 3.05) is 31.1 Å². The number of anilines is 1. The zero-order valence-corrected chi connectivity index (χ0v) is 20.9. The zero-order chi connectivity index (χ0) is 26.6. The van der Waals surface area contributed by atoms with Gasteiger partial charge in [0, 0.05) is 37.3 Å². The monoisotopic (exact) mass is 502 g/mol. The number of benzene rings is 2. The van der Waals surface area contributed by atoms with Crippen LogP contribution in [0, 0.1) is 0 Å². The van der Waals surface area contributed by atoms with Crippen LogP contribution in [0.2, 0.25) is 0 Å². The largest absolute Gasteiger partial charge is 0.424 e. The van der Waals surface area contributed by atoms with E-state index in [1.807, 2.05) is 18.7 Å². The highest BCUT2D eigenvalue weighted by Gasteiger charge is 2.15. The average molecular weight is 503 g/mol. The molecule has 0 saturated heterocycles. The molecule has 0 radical (unpaired) electrons. The lowest BCUT2D eigenvalue weighted by atomic mass is 10.2. The maximum absolute atomic E-state index is 12.1. The molecule has 2 aromatic carbocycles. The fourth-order valence-electron chi connectivity index (χ4n) is 3.16. The maximum Gasteiger partial charge on any atom is 0.330 e. The molecule has 2 N–H and O–H groups in total. The lowest BCUT2D eigenvalue weighted by Crippen LogP contribution is -2.24. The van der Waals surface area contributed by atoms with Gasteiger partial charge in [-0.2, -0.15) is 9.97 Å². The molecule has 10 nitrogen and oxygen atoms in total. The van der Waals surface area contributed by atoms with Crippen LogP contribution in [0.25, 0.3) is 0 Å². The Bertz CT molecular complexity index is 1140. The quantitative estimate of drug-likeness (QED) is 0.335. The summed E-state index contributed by atoms with van der Waals surface area (Å²) < 4.78 is 11.7. The Morgan fingerprint density at radius 3 is 1.51 bits per heavy atom. The average Bonchev–Trinajstić information content (AvgIpc) is 2.92.